The molecule has 9 aromatic carbocycles. The van der Waals surface area contributed by atoms with E-state index in [9.17, 15) is 0 Å². The second kappa shape index (κ2) is 12.3. The van der Waals surface area contributed by atoms with E-state index in [0.29, 0.717) is 0 Å². The van der Waals surface area contributed by atoms with E-state index in [1.807, 2.05) is 11.3 Å². The topological polar surface area (TPSA) is 3.24 Å². The minimum Gasteiger partial charge on any atom is -0.311 e. The van der Waals surface area contributed by atoms with E-state index in [-0.39, 0.29) is 23.0 Å². The van der Waals surface area contributed by atoms with Crippen LogP contribution >= 0.6 is 11.3 Å². The zero-order valence-corrected chi connectivity index (χ0v) is 38.9. The van der Waals surface area contributed by atoms with Crippen LogP contribution in [0.5, 0.6) is 0 Å². The molecule has 5 aliphatic rings. The number of rotatable bonds is 2. The fourth-order valence-electron chi connectivity index (χ4n) is 13.7. The van der Waals surface area contributed by atoms with E-state index < -0.39 is 0 Å². The molecule has 312 valence electrons. The maximum Gasteiger partial charge on any atom is 0.248 e. The van der Waals surface area contributed by atoms with Gasteiger partial charge in [0.25, 0.3) is 0 Å². The van der Waals surface area contributed by atoms with Crippen LogP contribution in [0.15, 0.2) is 170 Å². The van der Waals surface area contributed by atoms with Crippen molar-refractivity contribution in [2.24, 2.45) is 0 Å². The summed E-state index contributed by atoms with van der Waals surface area (Å²) in [7, 11) is 0. The van der Waals surface area contributed by atoms with Gasteiger partial charge >= 0.3 is 0 Å². The fourth-order valence-corrected chi connectivity index (χ4v) is 14.8. The predicted molar refractivity (Wildman–Crippen MR) is 282 cm³/mol. The first kappa shape index (κ1) is 37.3. The van der Waals surface area contributed by atoms with Gasteiger partial charge in [-0.05, 0) is 142 Å². The zero-order valence-electron chi connectivity index (χ0n) is 38.1. The molecule has 10 aromatic rings. The predicted octanol–water partition coefficient (Wildman–Crippen LogP) is 14.9. The van der Waals surface area contributed by atoms with Crippen LogP contribution in [0, 0.1) is 0 Å². The van der Waals surface area contributed by atoms with Crippen LogP contribution in [0.1, 0.15) is 74.9 Å². The molecular formula is C63H46BNS. The first-order valence-electron chi connectivity index (χ1n) is 23.7. The molecule has 1 nitrogen and oxygen atoms in total. The maximum absolute atomic E-state index is 2.68. The quantitative estimate of drug-likeness (QED) is 0.157. The lowest BCUT2D eigenvalue weighted by Gasteiger charge is -2.38. The highest BCUT2D eigenvalue weighted by Gasteiger charge is 2.48. The molecule has 3 heterocycles. The number of benzene rings is 9. The van der Waals surface area contributed by atoms with Crippen molar-refractivity contribution in [1.82, 2.24) is 0 Å². The van der Waals surface area contributed by atoms with Crippen molar-refractivity contribution in [3.05, 3.63) is 203 Å². The molecule has 0 atom stereocenters. The summed E-state index contributed by atoms with van der Waals surface area (Å²) in [6.45, 7) is 14.6. The van der Waals surface area contributed by atoms with Gasteiger partial charge in [0.15, 0.2) is 0 Å². The average Bonchev–Trinajstić information content (AvgIpc) is 4.06. The lowest BCUT2D eigenvalue weighted by atomic mass is 9.36. The first-order chi connectivity index (χ1) is 32.0. The monoisotopic (exact) mass is 859 g/mol. The molecule has 0 bridgehead atoms. The highest BCUT2D eigenvalue weighted by Crippen LogP contribution is 2.56. The van der Waals surface area contributed by atoms with E-state index in [1.165, 1.54) is 143 Å². The summed E-state index contributed by atoms with van der Waals surface area (Å²) >= 11 is 1.90. The standard InChI is InChI=1S/C63H46BNS/c1-61(2)47-21-11-7-16-38(47)41-27-26-36(30-50(41)61)65-55-34-52-44(40-18-9-13-23-49(40)63(52,5)6)33-54(55)64-53-32-43-39-17-8-12-22-48(39)62(3,4)51(43)31-45(53)46-28-35(29-56(65)60(46)64)37-20-15-25-58-59(37)42-19-10-14-24-57(42)66-58/h7-34H,1-6H3. The number of thiophene rings is 1. The number of fused-ring (bicyclic) bond motifs is 17. The summed E-state index contributed by atoms with van der Waals surface area (Å²) in [4.78, 5) is 2.68. The van der Waals surface area contributed by atoms with Gasteiger partial charge in [-0.15, -0.1) is 11.3 Å². The van der Waals surface area contributed by atoms with Gasteiger partial charge in [0.1, 0.15) is 0 Å². The molecule has 0 radical (unpaired) electrons. The lowest BCUT2D eigenvalue weighted by Crippen LogP contribution is -2.55. The minimum atomic E-state index is -0.152. The molecule has 1 aromatic heterocycles. The Morgan fingerprint density at radius 1 is 0.379 bits per heavy atom. The van der Waals surface area contributed by atoms with E-state index in [2.05, 4.69) is 216 Å². The largest absolute Gasteiger partial charge is 0.311 e. The molecule has 15 rings (SSSR count). The summed E-state index contributed by atoms with van der Waals surface area (Å²) in [6.07, 6.45) is 0. The summed E-state index contributed by atoms with van der Waals surface area (Å²) in [5.74, 6) is 0. The number of hydrogen-bond acceptors (Lipinski definition) is 2. The Balaban J connectivity index is 1.07. The third kappa shape index (κ3) is 4.48. The Morgan fingerprint density at radius 2 is 0.924 bits per heavy atom. The first-order valence-corrected chi connectivity index (χ1v) is 24.5. The highest BCUT2D eigenvalue weighted by molar-refractivity contribution is 7.26. The van der Waals surface area contributed by atoms with Crippen molar-refractivity contribution < 1.29 is 0 Å². The Kier molecular flexibility index (Phi) is 6.94. The van der Waals surface area contributed by atoms with E-state index in [4.69, 9.17) is 0 Å². The summed E-state index contributed by atoms with van der Waals surface area (Å²) in [5, 5.41) is 2.68. The van der Waals surface area contributed by atoms with Crippen LogP contribution in [0.2, 0.25) is 0 Å². The fraction of sp³-hybridized carbons (Fsp3) is 0.143. The summed E-state index contributed by atoms with van der Waals surface area (Å²) < 4.78 is 2.67. The molecule has 0 N–H and O–H groups in total. The van der Waals surface area contributed by atoms with Gasteiger partial charge in [-0.2, -0.15) is 0 Å². The smallest absolute Gasteiger partial charge is 0.248 e. The van der Waals surface area contributed by atoms with Gasteiger partial charge in [-0.25, -0.2) is 0 Å². The average molecular weight is 860 g/mol. The second-order valence-electron chi connectivity index (χ2n) is 21.2. The Morgan fingerprint density at radius 3 is 1.62 bits per heavy atom. The van der Waals surface area contributed by atoms with Crippen molar-refractivity contribution >= 4 is 71.7 Å². The SMILES string of the molecule is CC1(C)c2ccccc2-c2ccc(N3c4cc5c(cc4B4c6cc7c(cc6-c6cc(-c8cccc9sc%10ccccc%10c89)cc3c64)C(C)(C)c3ccccc3-7)-c3ccccc3C5(C)C)cc21. The Labute approximate surface area is 391 Å². The lowest BCUT2D eigenvalue weighted by molar-refractivity contribution is 0.660. The maximum atomic E-state index is 2.68. The summed E-state index contributed by atoms with van der Waals surface area (Å²) in [5.41, 5.74) is 29.6. The Bertz CT molecular complexity index is 3880. The third-order valence-corrected chi connectivity index (χ3v) is 18.0. The molecule has 66 heavy (non-hydrogen) atoms. The van der Waals surface area contributed by atoms with Gasteiger partial charge in [0.2, 0.25) is 6.71 Å². The van der Waals surface area contributed by atoms with Crippen LogP contribution in [0.25, 0.3) is 75.8 Å². The number of nitrogens with zero attached hydrogens (tertiary/aromatic N) is 1. The zero-order chi connectivity index (χ0) is 44.2. The third-order valence-electron chi connectivity index (χ3n) is 16.9. The summed E-state index contributed by atoms with van der Waals surface area (Å²) in [6, 6.07) is 66.2. The highest BCUT2D eigenvalue weighted by atomic mass is 32.1. The van der Waals surface area contributed by atoms with E-state index in [0.717, 1.165) is 0 Å². The minimum absolute atomic E-state index is 0.0699. The van der Waals surface area contributed by atoms with Crippen LogP contribution in [0.4, 0.5) is 17.1 Å². The van der Waals surface area contributed by atoms with E-state index in [1.54, 1.807) is 0 Å². The van der Waals surface area contributed by atoms with Gasteiger partial charge in [0.05, 0.1) is 0 Å². The molecular weight excluding hydrogens is 814 g/mol. The van der Waals surface area contributed by atoms with Gasteiger partial charge in [0, 0.05) is 53.5 Å². The molecule has 2 aliphatic heterocycles. The molecule has 0 unspecified atom stereocenters. The molecule has 0 saturated heterocycles. The second-order valence-corrected chi connectivity index (χ2v) is 22.3. The van der Waals surface area contributed by atoms with Gasteiger partial charge in [-0.1, -0.05) is 174 Å². The van der Waals surface area contributed by atoms with Crippen LogP contribution < -0.4 is 21.3 Å². The van der Waals surface area contributed by atoms with E-state index >= 15 is 0 Å². The molecule has 3 aliphatic carbocycles. The van der Waals surface area contributed by atoms with Crippen molar-refractivity contribution in [2.75, 3.05) is 4.90 Å². The molecule has 0 saturated carbocycles. The van der Waals surface area contributed by atoms with Gasteiger partial charge < -0.3 is 4.90 Å². The molecule has 0 fully saturated rings. The van der Waals surface area contributed by atoms with Gasteiger partial charge in [-0.3, -0.25) is 0 Å². The van der Waals surface area contributed by atoms with Crippen LogP contribution in [-0.2, 0) is 16.2 Å². The number of hydrogen-bond donors (Lipinski definition) is 0. The molecule has 3 heteroatoms. The van der Waals surface area contributed by atoms with Crippen molar-refractivity contribution in [2.45, 2.75) is 57.8 Å². The van der Waals surface area contributed by atoms with Crippen molar-refractivity contribution in [3.8, 4) is 55.6 Å². The normalized spacial score (nSPS) is 16.3. The van der Waals surface area contributed by atoms with Crippen molar-refractivity contribution in [1.29, 1.82) is 0 Å². The molecule has 0 amide bonds. The number of anilines is 3. The van der Waals surface area contributed by atoms with Crippen molar-refractivity contribution in [3.63, 3.8) is 0 Å². The molecule has 0 spiro atoms. The van der Waals surface area contributed by atoms with Crippen LogP contribution in [0.3, 0.4) is 0 Å². The van der Waals surface area contributed by atoms with Crippen LogP contribution in [-0.4, -0.2) is 6.71 Å². The Hall–Kier alpha value is -6.94.